The van der Waals surface area contributed by atoms with Crippen molar-refractivity contribution in [2.45, 2.75) is 13.5 Å². The lowest BCUT2D eigenvalue weighted by Gasteiger charge is -2.07. The fourth-order valence-corrected chi connectivity index (χ4v) is 2.06. The van der Waals surface area contributed by atoms with Gasteiger partial charge in [-0.05, 0) is 25.1 Å². The van der Waals surface area contributed by atoms with Crippen molar-refractivity contribution in [3.63, 3.8) is 0 Å². The van der Waals surface area contributed by atoms with Crippen molar-refractivity contribution in [1.29, 1.82) is 0 Å². The molecule has 1 amide bonds. The van der Waals surface area contributed by atoms with Gasteiger partial charge in [0.2, 0.25) is 0 Å². The molecule has 0 aliphatic carbocycles. The zero-order chi connectivity index (χ0) is 15.2. The van der Waals surface area contributed by atoms with Crippen LogP contribution in [-0.4, -0.2) is 22.0 Å². The monoisotopic (exact) mass is 302 g/mol. The second-order valence-corrected chi connectivity index (χ2v) is 4.66. The van der Waals surface area contributed by atoms with Crippen LogP contribution >= 0.6 is 11.6 Å². The lowest BCUT2D eigenvalue weighted by atomic mass is 10.2. The average molecular weight is 303 g/mol. The molecule has 2 rings (SSSR count). The molecule has 6 heteroatoms. The molecule has 0 bridgehead atoms. The van der Waals surface area contributed by atoms with Crippen LogP contribution in [0.1, 0.15) is 23.0 Å². The number of carbonyl (C=O) groups excluding carboxylic acids is 1. The van der Waals surface area contributed by atoms with Crippen molar-refractivity contribution in [3.05, 3.63) is 46.9 Å². The molecule has 0 unspecified atom stereocenters. The molecule has 2 aromatic heterocycles. The molecule has 0 atom stereocenters. The molecule has 0 aromatic carbocycles. The zero-order valence-electron chi connectivity index (χ0n) is 11.6. The molecule has 2 heterocycles. The number of rotatable bonds is 3. The normalized spacial score (nSPS) is 9.86. The van der Waals surface area contributed by atoms with E-state index >= 15 is 0 Å². The number of nitrogens with two attached hydrogens (primary N) is 1. The van der Waals surface area contributed by atoms with Crippen LogP contribution in [0.2, 0.25) is 5.02 Å². The Labute approximate surface area is 128 Å². The second kappa shape index (κ2) is 6.93. The Hall–Kier alpha value is -2.29. The molecule has 0 spiro atoms. The molecule has 0 aliphatic rings. The van der Waals surface area contributed by atoms with E-state index in [0.29, 0.717) is 23.1 Å². The Kier molecular flexibility index (Phi) is 4.99. The van der Waals surface area contributed by atoms with Gasteiger partial charge in [0.15, 0.2) is 0 Å². The van der Waals surface area contributed by atoms with E-state index in [-0.39, 0.29) is 12.5 Å². The van der Waals surface area contributed by atoms with Crippen LogP contribution in [-0.2, 0) is 6.54 Å². The number of aromatic nitrogens is 2. The number of nitrogens with one attached hydrogen (secondary N) is 1. The Morgan fingerprint density at radius 3 is 3.05 bits per heavy atom. The van der Waals surface area contributed by atoms with Gasteiger partial charge in [0.1, 0.15) is 11.5 Å². The maximum atomic E-state index is 12.2. The first-order valence-corrected chi connectivity index (χ1v) is 6.84. The molecular formula is C15H15ClN4O. The summed E-state index contributed by atoms with van der Waals surface area (Å²) in [5, 5.41) is 3.26. The highest BCUT2D eigenvalue weighted by Gasteiger charge is 2.13. The van der Waals surface area contributed by atoms with E-state index in [9.17, 15) is 4.79 Å². The van der Waals surface area contributed by atoms with Gasteiger partial charge in [-0.25, -0.2) is 4.98 Å². The minimum Gasteiger partial charge on any atom is -0.342 e. The first-order chi connectivity index (χ1) is 10.1. The largest absolute Gasteiger partial charge is 0.342 e. The highest BCUT2D eigenvalue weighted by atomic mass is 35.5. The van der Waals surface area contributed by atoms with Crippen LogP contribution in [0.4, 0.5) is 5.82 Å². The summed E-state index contributed by atoms with van der Waals surface area (Å²) in [5.41, 5.74) is 6.56. The van der Waals surface area contributed by atoms with Crippen LogP contribution in [0, 0.1) is 11.8 Å². The third-order valence-electron chi connectivity index (χ3n) is 2.77. The smallest absolute Gasteiger partial charge is 0.273 e. The number of hydrogen-bond acceptors (Lipinski definition) is 3. The number of anilines is 1. The lowest BCUT2D eigenvalue weighted by Crippen LogP contribution is -2.17. The van der Waals surface area contributed by atoms with Gasteiger partial charge in [-0.2, -0.15) is 0 Å². The molecular weight excluding hydrogens is 288 g/mol. The minimum absolute atomic E-state index is 0.264. The quantitative estimate of drug-likeness (QED) is 0.853. The van der Waals surface area contributed by atoms with Crippen molar-refractivity contribution < 1.29 is 4.79 Å². The van der Waals surface area contributed by atoms with E-state index in [0.717, 1.165) is 5.56 Å². The van der Waals surface area contributed by atoms with Crippen LogP contribution in [0.25, 0.3) is 0 Å². The average Bonchev–Trinajstić information content (AvgIpc) is 2.87. The van der Waals surface area contributed by atoms with Crippen LogP contribution in [0.5, 0.6) is 0 Å². The predicted molar refractivity (Wildman–Crippen MR) is 83.2 cm³/mol. The zero-order valence-corrected chi connectivity index (χ0v) is 12.3. The van der Waals surface area contributed by atoms with Crippen LogP contribution in [0.15, 0.2) is 30.6 Å². The molecule has 5 nitrogen and oxygen atoms in total. The Bertz CT molecular complexity index is 712. The lowest BCUT2D eigenvalue weighted by molar-refractivity contribution is 0.101. The predicted octanol–water partition coefficient (Wildman–Crippen LogP) is 2.12. The molecule has 0 fully saturated rings. The summed E-state index contributed by atoms with van der Waals surface area (Å²) in [6.45, 7) is 2.88. The van der Waals surface area contributed by atoms with Gasteiger partial charge >= 0.3 is 0 Å². The van der Waals surface area contributed by atoms with Gasteiger partial charge in [0, 0.05) is 24.5 Å². The maximum Gasteiger partial charge on any atom is 0.273 e. The molecule has 108 valence electrons. The van der Waals surface area contributed by atoms with Crippen molar-refractivity contribution in [1.82, 2.24) is 9.55 Å². The summed E-state index contributed by atoms with van der Waals surface area (Å²) < 4.78 is 1.77. The Morgan fingerprint density at radius 1 is 1.52 bits per heavy atom. The van der Waals surface area contributed by atoms with E-state index in [4.69, 9.17) is 17.3 Å². The summed E-state index contributed by atoms with van der Waals surface area (Å²) in [4.78, 5) is 16.3. The Balaban J connectivity index is 2.19. The highest BCUT2D eigenvalue weighted by molar-refractivity contribution is 6.31. The standard InChI is InChI=1S/C15H15ClN4O/c1-2-20-10-12(16)9-13(20)15(21)19-14-8-11(4-3-6-17)5-7-18-14/h5,7-10H,2,6,17H2,1H3,(H,18,19,21). The third kappa shape index (κ3) is 3.85. The highest BCUT2D eigenvalue weighted by Crippen LogP contribution is 2.16. The number of halogens is 1. The van der Waals surface area contributed by atoms with Gasteiger partial charge < -0.3 is 15.6 Å². The minimum atomic E-state index is -0.264. The number of hydrogen-bond donors (Lipinski definition) is 2. The van der Waals surface area contributed by atoms with Gasteiger partial charge in [0.05, 0.1) is 11.6 Å². The number of pyridine rings is 1. The second-order valence-electron chi connectivity index (χ2n) is 4.22. The summed E-state index contributed by atoms with van der Waals surface area (Å²) in [5.74, 6) is 5.82. The SMILES string of the molecule is CCn1cc(Cl)cc1C(=O)Nc1cc(C#CCN)ccn1. The molecule has 3 N–H and O–H groups in total. The van der Waals surface area contributed by atoms with Crippen molar-refractivity contribution >= 4 is 23.3 Å². The van der Waals surface area contributed by atoms with Crippen LogP contribution < -0.4 is 11.1 Å². The van der Waals surface area contributed by atoms with E-state index in [2.05, 4.69) is 22.1 Å². The third-order valence-corrected chi connectivity index (χ3v) is 2.98. The van der Waals surface area contributed by atoms with Crippen molar-refractivity contribution in [2.24, 2.45) is 5.73 Å². The summed E-state index contributed by atoms with van der Waals surface area (Å²) in [6, 6.07) is 5.07. The molecule has 0 radical (unpaired) electrons. The van der Waals surface area contributed by atoms with Gasteiger partial charge in [-0.1, -0.05) is 23.4 Å². The maximum absolute atomic E-state index is 12.2. The van der Waals surface area contributed by atoms with E-state index < -0.39 is 0 Å². The summed E-state index contributed by atoms with van der Waals surface area (Å²) in [6.07, 6.45) is 3.30. The van der Waals surface area contributed by atoms with Crippen molar-refractivity contribution in [2.75, 3.05) is 11.9 Å². The molecule has 21 heavy (non-hydrogen) atoms. The van der Waals surface area contributed by atoms with E-state index in [1.807, 2.05) is 6.92 Å². The number of carbonyl (C=O) groups is 1. The molecule has 0 saturated heterocycles. The summed E-state index contributed by atoms with van der Waals surface area (Å²) in [7, 11) is 0. The van der Waals surface area contributed by atoms with Gasteiger partial charge in [-0.15, -0.1) is 0 Å². The molecule has 0 saturated carbocycles. The molecule has 0 aliphatic heterocycles. The molecule has 2 aromatic rings. The van der Waals surface area contributed by atoms with E-state index in [1.54, 1.807) is 35.2 Å². The van der Waals surface area contributed by atoms with Crippen LogP contribution in [0.3, 0.4) is 0 Å². The number of nitrogens with zero attached hydrogens (tertiary/aromatic N) is 2. The first kappa shape index (κ1) is 15.1. The first-order valence-electron chi connectivity index (χ1n) is 6.46. The number of amides is 1. The topological polar surface area (TPSA) is 72.9 Å². The van der Waals surface area contributed by atoms with E-state index in [1.165, 1.54) is 0 Å². The van der Waals surface area contributed by atoms with Gasteiger partial charge in [0.25, 0.3) is 5.91 Å². The number of aryl methyl sites for hydroxylation is 1. The van der Waals surface area contributed by atoms with Gasteiger partial charge in [-0.3, -0.25) is 4.79 Å². The fourth-order valence-electron chi connectivity index (χ4n) is 1.84. The summed E-state index contributed by atoms with van der Waals surface area (Å²) >= 11 is 5.93. The Morgan fingerprint density at radius 2 is 2.33 bits per heavy atom. The van der Waals surface area contributed by atoms with Crippen molar-refractivity contribution in [3.8, 4) is 11.8 Å². The fraction of sp³-hybridized carbons (Fsp3) is 0.200.